The second-order valence-corrected chi connectivity index (χ2v) is 6.47. The molecule has 8 nitrogen and oxygen atoms in total. The number of urea groups is 1. The Morgan fingerprint density at radius 1 is 1.18 bits per heavy atom. The molecule has 1 aliphatic heterocycles. The Balaban J connectivity index is 1.36. The molecule has 1 fully saturated rings. The summed E-state index contributed by atoms with van der Waals surface area (Å²) in [5, 5.41) is 6.31. The quantitative estimate of drug-likeness (QED) is 0.642. The lowest BCUT2D eigenvalue weighted by molar-refractivity contribution is -0.128. The number of anilines is 1. The number of nitrogens with one attached hydrogen (secondary N) is 2. The van der Waals surface area contributed by atoms with Gasteiger partial charge in [0.25, 0.3) is 5.91 Å². The second-order valence-electron chi connectivity index (χ2n) is 6.47. The lowest BCUT2D eigenvalue weighted by Crippen LogP contribution is -2.31. The van der Waals surface area contributed by atoms with E-state index >= 15 is 0 Å². The molecule has 8 heteroatoms. The minimum absolute atomic E-state index is 0.0728. The van der Waals surface area contributed by atoms with Crippen LogP contribution in [0.4, 0.5) is 10.5 Å². The Morgan fingerprint density at radius 2 is 2.07 bits per heavy atom. The van der Waals surface area contributed by atoms with Gasteiger partial charge >= 0.3 is 6.03 Å². The first-order valence-corrected chi connectivity index (χ1v) is 8.89. The topological polar surface area (TPSA) is 105 Å². The molecule has 2 aromatic heterocycles. The highest BCUT2D eigenvalue weighted by molar-refractivity contribution is 6.05. The maximum absolute atomic E-state index is 12.4. The van der Waals surface area contributed by atoms with Gasteiger partial charge in [-0.05, 0) is 42.8 Å². The lowest BCUT2D eigenvalue weighted by Gasteiger charge is -2.11. The molecular weight excluding hydrogens is 360 g/mol. The predicted octanol–water partition coefficient (Wildman–Crippen LogP) is 2.67. The van der Waals surface area contributed by atoms with Crippen molar-refractivity contribution in [2.24, 2.45) is 0 Å². The largest absolute Gasteiger partial charge is 0.467 e. The molecular formula is C20H18N4O4. The van der Waals surface area contributed by atoms with E-state index in [0.29, 0.717) is 11.4 Å². The number of carbonyl (C=O) groups is 3. The molecule has 4 amide bonds. The Bertz CT molecular complexity index is 1030. The Kier molecular flexibility index (Phi) is 4.76. The summed E-state index contributed by atoms with van der Waals surface area (Å²) in [6, 6.07) is 11.4. The van der Waals surface area contributed by atoms with E-state index in [1.165, 1.54) is 6.26 Å². The van der Waals surface area contributed by atoms with E-state index in [9.17, 15) is 14.4 Å². The third-order valence-corrected chi connectivity index (χ3v) is 4.58. The highest BCUT2D eigenvalue weighted by Crippen LogP contribution is 2.22. The molecule has 0 spiro atoms. The summed E-state index contributed by atoms with van der Waals surface area (Å²) in [6.45, 7) is 0.0728. The molecule has 0 bridgehead atoms. The van der Waals surface area contributed by atoms with E-state index in [0.717, 1.165) is 15.8 Å². The van der Waals surface area contributed by atoms with Crippen LogP contribution in [-0.2, 0) is 16.1 Å². The van der Waals surface area contributed by atoms with Crippen LogP contribution in [0.2, 0.25) is 0 Å². The van der Waals surface area contributed by atoms with Gasteiger partial charge in [0.05, 0.1) is 24.0 Å². The van der Waals surface area contributed by atoms with Crippen LogP contribution in [0.1, 0.15) is 18.6 Å². The first-order valence-electron chi connectivity index (χ1n) is 8.89. The van der Waals surface area contributed by atoms with E-state index in [4.69, 9.17) is 4.42 Å². The van der Waals surface area contributed by atoms with Gasteiger partial charge in [0, 0.05) is 18.0 Å². The molecule has 3 heterocycles. The Hall–Kier alpha value is -3.68. The smallest absolute Gasteiger partial charge is 0.325 e. The van der Waals surface area contributed by atoms with Crippen LogP contribution in [0.3, 0.4) is 0 Å². The number of nitrogens with zero attached hydrogens (tertiary/aromatic N) is 2. The van der Waals surface area contributed by atoms with E-state index in [2.05, 4.69) is 15.6 Å². The average Bonchev–Trinajstić information content (AvgIpc) is 3.30. The van der Waals surface area contributed by atoms with E-state index in [1.54, 1.807) is 30.5 Å². The molecule has 0 aliphatic carbocycles. The molecule has 1 atom stereocenters. The number of furan rings is 1. The van der Waals surface area contributed by atoms with E-state index < -0.39 is 12.1 Å². The molecule has 0 saturated carbocycles. The minimum Gasteiger partial charge on any atom is -0.467 e. The number of imide groups is 1. The zero-order chi connectivity index (χ0) is 19.5. The number of aromatic nitrogens is 1. The molecule has 0 radical (unpaired) electrons. The van der Waals surface area contributed by atoms with Crippen molar-refractivity contribution in [3.8, 4) is 0 Å². The van der Waals surface area contributed by atoms with Gasteiger partial charge in [-0.2, -0.15) is 0 Å². The third-order valence-electron chi connectivity index (χ3n) is 4.58. The summed E-state index contributed by atoms with van der Waals surface area (Å²) in [4.78, 5) is 42.2. The highest BCUT2D eigenvalue weighted by atomic mass is 16.3. The number of carbonyl (C=O) groups excluding carboxylic acids is 3. The van der Waals surface area contributed by atoms with Crippen LogP contribution in [0.5, 0.6) is 0 Å². The van der Waals surface area contributed by atoms with Crippen LogP contribution < -0.4 is 10.6 Å². The standard InChI is InChI=1S/C20H18N4O4/c25-18(22-16-7-1-6-15-14(16)5-2-10-21-15)9-8-17-19(26)24(20(27)23-17)12-13-4-3-11-28-13/h1-7,10-11,17H,8-9,12H2,(H,22,25)(H,23,27)/t17-/m1/s1. The molecule has 28 heavy (non-hydrogen) atoms. The summed E-state index contributed by atoms with van der Waals surface area (Å²) in [5.74, 6) is -0.0714. The van der Waals surface area contributed by atoms with Gasteiger partial charge in [-0.1, -0.05) is 6.07 Å². The minimum atomic E-state index is -0.720. The zero-order valence-corrected chi connectivity index (χ0v) is 14.9. The maximum Gasteiger partial charge on any atom is 0.325 e. The van der Waals surface area contributed by atoms with E-state index in [1.807, 2.05) is 18.2 Å². The first kappa shape index (κ1) is 17.7. The number of hydrogen-bond donors (Lipinski definition) is 2. The summed E-state index contributed by atoms with van der Waals surface area (Å²) in [5.41, 5.74) is 1.45. The van der Waals surface area contributed by atoms with Crippen LogP contribution in [-0.4, -0.2) is 33.8 Å². The Labute approximate surface area is 160 Å². The van der Waals surface area contributed by atoms with Crippen LogP contribution >= 0.6 is 0 Å². The summed E-state index contributed by atoms with van der Waals surface area (Å²) in [6.07, 6.45) is 3.49. The zero-order valence-electron chi connectivity index (χ0n) is 14.9. The molecule has 2 N–H and O–H groups in total. The number of fused-ring (bicyclic) bond motifs is 1. The van der Waals surface area contributed by atoms with Crippen molar-refractivity contribution in [2.75, 3.05) is 5.32 Å². The summed E-state index contributed by atoms with van der Waals surface area (Å²) in [7, 11) is 0. The number of amides is 4. The fourth-order valence-corrected chi connectivity index (χ4v) is 3.18. The molecule has 3 aromatic rings. The fraction of sp³-hybridized carbons (Fsp3) is 0.200. The fourth-order valence-electron chi connectivity index (χ4n) is 3.18. The lowest BCUT2D eigenvalue weighted by atomic mass is 10.1. The van der Waals surface area contributed by atoms with Gasteiger partial charge < -0.3 is 15.1 Å². The van der Waals surface area contributed by atoms with Gasteiger partial charge in [-0.25, -0.2) is 4.79 Å². The molecule has 1 aromatic carbocycles. The SMILES string of the molecule is O=C(CC[C@H]1NC(=O)N(Cc2ccco2)C1=O)Nc1cccc2ncccc12. The van der Waals surface area contributed by atoms with Crippen LogP contribution in [0.25, 0.3) is 10.9 Å². The summed E-state index contributed by atoms with van der Waals surface area (Å²) >= 11 is 0. The van der Waals surface area contributed by atoms with Crippen molar-refractivity contribution < 1.29 is 18.8 Å². The first-order chi connectivity index (χ1) is 13.6. The third kappa shape index (κ3) is 3.57. The maximum atomic E-state index is 12.4. The van der Waals surface area contributed by atoms with Crippen molar-refractivity contribution in [1.82, 2.24) is 15.2 Å². The average molecular weight is 378 g/mol. The molecule has 1 saturated heterocycles. The molecule has 1 aliphatic rings. The van der Waals surface area contributed by atoms with E-state index in [-0.39, 0.29) is 31.2 Å². The second kappa shape index (κ2) is 7.51. The van der Waals surface area contributed by atoms with Crippen molar-refractivity contribution in [3.05, 3.63) is 60.7 Å². The normalized spacial score (nSPS) is 16.4. The van der Waals surface area contributed by atoms with Crippen molar-refractivity contribution in [3.63, 3.8) is 0 Å². The number of pyridine rings is 1. The molecule has 142 valence electrons. The van der Waals surface area contributed by atoms with Gasteiger partial charge in [0.15, 0.2) is 0 Å². The molecule has 4 rings (SSSR count). The molecule has 0 unspecified atom stereocenters. The number of benzene rings is 1. The predicted molar refractivity (Wildman–Crippen MR) is 101 cm³/mol. The highest BCUT2D eigenvalue weighted by Gasteiger charge is 2.38. The monoisotopic (exact) mass is 378 g/mol. The number of hydrogen-bond acceptors (Lipinski definition) is 5. The van der Waals surface area contributed by atoms with Crippen molar-refractivity contribution in [1.29, 1.82) is 0 Å². The van der Waals surface area contributed by atoms with Crippen LogP contribution in [0, 0.1) is 0 Å². The van der Waals surface area contributed by atoms with Crippen molar-refractivity contribution >= 4 is 34.4 Å². The van der Waals surface area contributed by atoms with Crippen LogP contribution in [0.15, 0.2) is 59.3 Å². The van der Waals surface area contributed by atoms with Gasteiger partial charge in [0.2, 0.25) is 5.91 Å². The van der Waals surface area contributed by atoms with Gasteiger partial charge in [-0.3, -0.25) is 19.5 Å². The Morgan fingerprint density at radius 3 is 2.89 bits per heavy atom. The van der Waals surface area contributed by atoms with Gasteiger partial charge in [0.1, 0.15) is 11.8 Å². The number of rotatable bonds is 6. The van der Waals surface area contributed by atoms with Gasteiger partial charge in [-0.15, -0.1) is 0 Å². The summed E-state index contributed by atoms with van der Waals surface area (Å²) < 4.78 is 5.18. The van der Waals surface area contributed by atoms with Crippen molar-refractivity contribution in [2.45, 2.75) is 25.4 Å².